The van der Waals surface area contributed by atoms with Gasteiger partial charge >= 0.3 is 6.18 Å². The lowest BCUT2D eigenvalue weighted by atomic mass is 10.2. The van der Waals surface area contributed by atoms with Crippen LogP contribution in [0, 0.1) is 0 Å². The lowest BCUT2D eigenvalue weighted by molar-refractivity contribution is -0.137. The summed E-state index contributed by atoms with van der Waals surface area (Å²) in [5, 5.41) is 9.79. The van der Waals surface area contributed by atoms with Gasteiger partial charge in [-0.25, -0.2) is 0 Å². The molecule has 25 heavy (non-hydrogen) atoms. The van der Waals surface area contributed by atoms with Gasteiger partial charge in [-0.3, -0.25) is 4.79 Å². The van der Waals surface area contributed by atoms with Crippen LogP contribution < -0.4 is 5.32 Å². The van der Waals surface area contributed by atoms with E-state index in [-0.39, 0.29) is 11.7 Å². The van der Waals surface area contributed by atoms with Crippen molar-refractivity contribution in [3.8, 4) is 0 Å². The normalized spacial score (nSPS) is 13.1. The van der Waals surface area contributed by atoms with Crippen molar-refractivity contribution < 1.29 is 18.0 Å². The highest BCUT2D eigenvalue weighted by molar-refractivity contribution is 8.00. The molecular weight excluding hydrogens is 377 g/mol. The third-order valence-electron chi connectivity index (χ3n) is 3.29. The molecule has 1 atom stereocenters. The second-order valence-electron chi connectivity index (χ2n) is 5.56. The Kier molecular flexibility index (Phi) is 5.99. The van der Waals surface area contributed by atoms with E-state index >= 15 is 0 Å². The topological polar surface area (TPSA) is 59.8 Å². The Balaban J connectivity index is 2.10. The molecule has 1 aromatic carbocycles. The summed E-state index contributed by atoms with van der Waals surface area (Å²) in [5.41, 5.74) is -0.966. The van der Waals surface area contributed by atoms with E-state index < -0.39 is 27.9 Å². The van der Waals surface area contributed by atoms with Gasteiger partial charge in [-0.2, -0.15) is 13.2 Å². The number of anilines is 1. The van der Waals surface area contributed by atoms with Crippen molar-refractivity contribution in [1.29, 1.82) is 0 Å². The second kappa shape index (κ2) is 7.65. The van der Waals surface area contributed by atoms with Crippen LogP contribution in [0.3, 0.4) is 0 Å². The fourth-order valence-electron chi connectivity index (χ4n) is 1.95. The molecule has 0 bridgehead atoms. The first kappa shape index (κ1) is 19.6. The molecule has 0 aliphatic carbocycles. The second-order valence-corrected chi connectivity index (χ2v) is 7.27. The first-order valence-corrected chi connectivity index (χ1v) is 8.59. The van der Waals surface area contributed by atoms with Crippen LogP contribution in [0.25, 0.3) is 0 Å². The van der Waals surface area contributed by atoms with Crippen LogP contribution in [0.5, 0.6) is 0 Å². The van der Waals surface area contributed by atoms with Crippen LogP contribution in [0.4, 0.5) is 18.9 Å². The molecule has 2 aromatic rings. The number of thioether (sulfide) groups is 1. The smallest absolute Gasteiger partial charge is 0.325 e. The fourth-order valence-corrected chi connectivity index (χ4v) is 3.13. The number of halogens is 4. The van der Waals surface area contributed by atoms with Crippen LogP contribution in [0.2, 0.25) is 5.02 Å². The summed E-state index contributed by atoms with van der Waals surface area (Å²) in [7, 11) is 0. The van der Waals surface area contributed by atoms with E-state index in [1.54, 1.807) is 17.8 Å². The number of aromatic nitrogens is 3. The lowest BCUT2D eigenvalue weighted by Crippen LogP contribution is -2.23. The summed E-state index contributed by atoms with van der Waals surface area (Å²) in [6.45, 7) is 5.54. The highest BCUT2D eigenvalue weighted by Gasteiger charge is 2.33. The van der Waals surface area contributed by atoms with Crippen molar-refractivity contribution in [2.75, 3.05) is 5.32 Å². The monoisotopic (exact) mass is 392 g/mol. The fraction of sp³-hybridized carbons (Fsp3) is 0.400. The molecule has 0 aliphatic heterocycles. The Morgan fingerprint density at radius 1 is 1.32 bits per heavy atom. The zero-order valence-electron chi connectivity index (χ0n) is 13.6. The molecular formula is C15H16ClF3N4OS. The van der Waals surface area contributed by atoms with Crippen molar-refractivity contribution in [2.45, 2.75) is 43.4 Å². The van der Waals surface area contributed by atoms with E-state index in [1.165, 1.54) is 17.8 Å². The predicted molar refractivity (Wildman–Crippen MR) is 90.8 cm³/mol. The number of amides is 1. The number of alkyl halides is 3. The molecule has 1 aromatic heterocycles. The van der Waals surface area contributed by atoms with Crippen molar-refractivity contribution >= 4 is 35.0 Å². The van der Waals surface area contributed by atoms with Gasteiger partial charge in [0.15, 0.2) is 5.16 Å². The summed E-state index contributed by atoms with van der Waals surface area (Å²) in [6.07, 6.45) is -3.03. The van der Waals surface area contributed by atoms with Gasteiger partial charge in [-0.05, 0) is 39.0 Å². The average Bonchev–Trinajstić information content (AvgIpc) is 2.96. The van der Waals surface area contributed by atoms with E-state index in [9.17, 15) is 18.0 Å². The molecule has 5 nitrogen and oxygen atoms in total. The minimum atomic E-state index is -4.59. The van der Waals surface area contributed by atoms with Crippen LogP contribution >= 0.6 is 23.4 Å². The molecule has 0 saturated heterocycles. The van der Waals surface area contributed by atoms with Crippen LogP contribution in [-0.2, 0) is 11.0 Å². The Bertz CT molecular complexity index is 763. The van der Waals surface area contributed by atoms with E-state index in [0.717, 1.165) is 12.1 Å². The number of nitrogens with zero attached hydrogens (tertiary/aromatic N) is 3. The zero-order chi connectivity index (χ0) is 18.8. The van der Waals surface area contributed by atoms with Crippen molar-refractivity contribution in [2.24, 2.45) is 0 Å². The van der Waals surface area contributed by atoms with Crippen LogP contribution in [-0.4, -0.2) is 25.9 Å². The van der Waals surface area contributed by atoms with Crippen LogP contribution in [0.15, 0.2) is 29.7 Å². The van der Waals surface area contributed by atoms with E-state index in [4.69, 9.17) is 11.6 Å². The Morgan fingerprint density at radius 3 is 2.60 bits per heavy atom. The van der Waals surface area contributed by atoms with Gasteiger partial charge < -0.3 is 9.88 Å². The number of carbonyl (C=O) groups excluding carboxylic acids is 1. The Morgan fingerprint density at radius 2 is 2.00 bits per heavy atom. The molecule has 0 fully saturated rings. The first-order chi connectivity index (χ1) is 11.6. The molecule has 2 rings (SSSR count). The highest BCUT2D eigenvalue weighted by Crippen LogP contribution is 2.36. The van der Waals surface area contributed by atoms with Gasteiger partial charge in [0, 0.05) is 11.7 Å². The molecule has 1 heterocycles. The third-order valence-corrected chi connectivity index (χ3v) is 4.69. The third kappa shape index (κ3) is 4.88. The summed E-state index contributed by atoms with van der Waals surface area (Å²) in [4.78, 5) is 12.3. The molecule has 0 spiro atoms. The zero-order valence-corrected chi connectivity index (χ0v) is 15.2. The number of rotatable bonds is 5. The van der Waals surface area contributed by atoms with E-state index in [0.29, 0.717) is 5.16 Å². The van der Waals surface area contributed by atoms with Crippen molar-refractivity contribution in [3.63, 3.8) is 0 Å². The van der Waals surface area contributed by atoms with E-state index in [2.05, 4.69) is 15.5 Å². The van der Waals surface area contributed by atoms with Crippen LogP contribution in [0.1, 0.15) is 32.4 Å². The van der Waals surface area contributed by atoms with E-state index in [1.807, 2.05) is 13.8 Å². The minimum Gasteiger partial charge on any atom is -0.325 e. The maximum Gasteiger partial charge on any atom is 0.417 e. The minimum absolute atomic E-state index is 0.0273. The van der Waals surface area contributed by atoms with Crippen molar-refractivity contribution in [3.05, 3.63) is 35.1 Å². The van der Waals surface area contributed by atoms with Gasteiger partial charge in [-0.15, -0.1) is 10.2 Å². The maximum atomic E-state index is 12.9. The average molecular weight is 393 g/mol. The number of hydrogen-bond donors (Lipinski definition) is 1. The largest absolute Gasteiger partial charge is 0.417 e. The van der Waals surface area contributed by atoms with Gasteiger partial charge in [0.05, 0.1) is 15.8 Å². The molecule has 0 radical (unpaired) electrons. The maximum absolute atomic E-state index is 12.9. The molecule has 0 saturated carbocycles. The standard InChI is InChI=1S/C15H16ClF3N4OS/c1-8(2)23-7-20-22-14(23)25-9(3)13(24)21-10-4-5-12(16)11(6-10)15(17,18)19/h4-9H,1-3H3,(H,21,24)/t9-/m0/s1. The molecule has 0 unspecified atom stereocenters. The number of benzene rings is 1. The molecule has 136 valence electrons. The summed E-state index contributed by atoms with van der Waals surface area (Å²) in [5.74, 6) is -0.446. The Hall–Kier alpha value is -1.74. The number of nitrogens with one attached hydrogen (secondary N) is 1. The lowest BCUT2D eigenvalue weighted by Gasteiger charge is -2.15. The van der Waals surface area contributed by atoms with Crippen molar-refractivity contribution in [1.82, 2.24) is 14.8 Å². The first-order valence-electron chi connectivity index (χ1n) is 7.33. The number of carbonyl (C=O) groups is 1. The molecule has 0 aliphatic rings. The SMILES string of the molecule is CC(C)n1cnnc1S[C@@H](C)C(=O)Nc1ccc(Cl)c(C(F)(F)F)c1. The number of hydrogen-bond acceptors (Lipinski definition) is 4. The highest BCUT2D eigenvalue weighted by atomic mass is 35.5. The summed E-state index contributed by atoms with van der Waals surface area (Å²) >= 11 is 6.74. The predicted octanol–water partition coefficient (Wildman–Crippen LogP) is 4.65. The molecule has 10 heteroatoms. The quantitative estimate of drug-likeness (QED) is 0.752. The van der Waals surface area contributed by atoms with Gasteiger partial charge in [-0.1, -0.05) is 23.4 Å². The van der Waals surface area contributed by atoms with Gasteiger partial charge in [0.1, 0.15) is 6.33 Å². The van der Waals surface area contributed by atoms with Gasteiger partial charge in [0.25, 0.3) is 0 Å². The molecule has 1 amide bonds. The summed E-state index contributed by atoms with van der Waals surface area (Å²) < 4.78 is 40.4. The van der Waals surface area contributed by atoms with Gasteiger partial charge in [0.2, 0.25) is 5.91 Å². The summed E-state index contributed by atoms with van der Waals surface area (Å²) in [6, 6.07) is 3.36. The molecule has 1 N–H and O–H groups in total. The Labute approximate surface area is 152 Å².